The Bertz CT molecular complexity index is 1260. The van der Waals surface area contributed by atoms with E-state index in [1.807, 2.05) is 12.1 Å². The minimum absolute atomic E-state index is 0.0550. The van der Waals surface area contributed by atoms with Crippen molar-refractivity contribution >= 4 is 50.9 Å². The van der Waals surface area contributed by atoms with Crippen LogP contribution in [0.25, 0.3) is 0 Å². The number of aliphatic imine (C=N–C) groups is 1. The Morgan fingerprint density at radius 3 is 2.60 bits per heavy atom. The van der Waals surface area contributed by atoms with Crippen molar-refractivity contribution in [3.63, 3.8) is 0 Å². The number of carbonyl (C=O) groups is 2. The summed E-state index contributed by atoms with van der Waals surface area (Å²) in [6, 6.07) is 11.4. The fourth-order valence-corrected chi connectivity index (χ4v) is 5.27. The Kier molecular flexibility index (Phi) is 8.90. The first-order valence-corrected chi connectivity index (χ1v) is 12.9. The van der Waals surface area contributed by atoms with Crippen molar-refractivity contribution in [2.45, 2.75) is 11.4 Å². The first-order chi connectivity index (χ1) is 16.6. The van der Waals surface area contributed by atoms with Crippen molar-refractivity contribution < 1.29 is 23.1 Å². The number of amides is 2. The van der Waals surface area contributed by atoms with Gasteiger partial charge in [0.1, 0.15) is 11.7 Å². The molecule has 2 aromatic carbocycles. The van der Waals surface area contributed by atoms with E-state index in [0.717, 1.165) is 5.56 Å². The van der Waals surface area contributed by atoms with Gasteiger partial charge in [0.15, 0.2) is 9.84 Å². The van der Waals surface area contributed by atoms with Crippen molar-refractivity contribution in [1.29, 1.82) is 0 Å². The van der Waals surface area contributed by atoms with Gasteiger partial charge < -0.3 is 10.0 Å². The number of benzene rings is 2. The SMILES string of the molecule is CN(Cc1ccc(C2=NCCN2C(=O)O)cc1)C(=O)C=CCNCS(=O)(=O)c1cc(Cl)ccc1Cl. The number of halogens is 2. The number of sulfone groups is 1. The van der Waals surface area contributed by atoms with Crippen molar-refractivity contribution in [3.05, 3.63) is 75.8 Å². The van der Waals surface area contributed by atoms with Crippen LogP contribution in [-0.4, -0.2) is 73.7 Å². The zero-order chi connectivity index (χ0) is 25.6. The molecule has 0 bridgehead atoms. The molecule has 0 radical (unpaired) electrons. The molecule has 1 aliphatic heterocycles. The maximum Gasteiger partial charge on any atom is 0.413 e. The van der Waals surface area contributed by atoms with Gasteiger partial charge in [-0.05, 0) is 23.8 Å². The molecule has 0 unspecified atom stereocenters. The third-order valence-electron chi connectivity index (χ3n) is 5.12. The number of carboxylic acid groups (broad SMARTS) is 1. The average molecular weight is 539 g/mol. The van der Waals surface area contributed by atoms with Gasteiger partial charge in [-0.2, -0.15) is 0 Å². The molecule has 0 saturated heterocycles. The van der Waals surface area contributed by atoms with Crippen LogP contribution in [0.2, 0.25) is 10.0 Å². The summed E-state index contributed by atoms with van der Waals surface area (Å²) in [5.74, 6) is -0.198. The zero-order valence-corrected chi connectivity index (χ0v) is 21.1. The molecule has 0 fully saturated rings. The first kappa shape index (κ1) is 26.7. The molecular weight excluding hydrogens is 515 g/mol. The molecule has 12 heteroatoms. The van der Waals surface area contributed by atoms with Crippen molar-refractivity contribution in [2.24, 2.45) is 4.99 Å². The van der Waals surface area contributed by atoms with Crippen LogP contribution in [0.15, 0.2) is 64.5 Å². The number of amidine groups is 1. The Labute approximate surface area is 213 Å². The molecule has 0 atom stereocenters. The van der Waals surface area contributed by atoms with Crippen molar-refractivity contribution in [3.8, 4) is 0 Å². The average Bonchev–Trinajstić information content (AvgIpc) is 3.31. The van der Waals surface area contributed by atoms with E-state index in [-0.39, 0.29) is 33.3 Å². The lowest BCUT2D eigenvalue weighted by Gasteiger charge is -2.17. The van der Waals surface area contributed by atoms with Gasteiger partial charge in [0.2, 0.25) is 5.91 Å². The summed E-state index contributed by atoms with van der Waals surface area (Å²) in [6.45, 7) is 1.27. The lowest BCUT2D eigenvalue weighted by molar-refractivity contribution is -0.125. The quantitative estimate of drug-likeness (QED) is 0.373. The lowest BCUT2D eigenvalue weighted by Crippen LogP contribution is -2.33. The molecule has 0 aromatic heterocycles. The van der Waals surface area contributed by atoms with Crippen molar-refractivity contribution in [2.75, 3.05) is 32.6 Å². The molecule has 2 amide bonds. The molecule has 9 nitrogen and oxygen atoms in total. The number of carbonyl (C=O) groups excluding carboxylic acids is 1. The maximum absolute atomic E-state index is 12.4. The molecule has 0 spiro atoms. The first-order valence-electron chi connectivity index (χ1n) is 10.5. The second-order valence-electron chi connectivity index (χ2n) is 7.72. The van der Waals surface area contributed by atoms with Crippen LogP contribution >= 0.6 is 23.2 Å². The van der Waals surface area contributed by atoms with Crippen LogP contribution in [0.4, 0.5) is 4.79 Å². The van der Waals surface area contributed by atoms with Gasteiger partial charge in [0.05, 0.1) is 23.0 Å². The highest BCUT2D eigenvalue weighted by molar-refractivity contribution is 7.91. The van der Waals surface area contributed by atoms with Crippen LogP contribution in [-0.2, 0) is 21.2 Å². The Hall–Kier alpha value is -2.92. The van der Waals surface area contributed by atoms with Gasteiger partial charge in [-0.25, -0.2) is 13.2 Å². The lowest BCUT2D eigenvalue weighted by atomic mass is 10.1. The maximum atomic E-state index is 12.4. The van der Waals surface area contributed by atoms with Gasteiger partial charge in [-0.1, -0.05) is 53.5 Å². The van der Waals surface area contributed by atoms with E-state index in [2.05, 4.69) is 10.3 Å². The van der Waals surface area contributed by atoms with Gasteiger partial charge in [-0.3, -0.25) is 20.0 Å². The molecule has 1 heterocycles. The minimum atomic E-state index is -3.69. The normalized spacial score (nSPS) is 13.8. The Balaban J connectivity index is 1.48. The Morgan fingerprint density at radius 1 is 1.20 bits per heavy atom. The number of nitrogens with one attached hydrogen (secondary N) is 1. The Morgan fingerprint density at radius 2 is 1.91 bits per heavy atom. The molecule has 0 aliphatic carbocycles. The molecule has 1 aliphatic rings. The van der Waals surface area contributed by atoms with E-state index in [0.29, 0.717) is 31.0 Å². The highest BCUT2D eigenvalue weighted by Crippen LogP contribution is 2.25. The summed E-state index contributed by atoms with van der Waals surface area (Å²) in [5.41, 5.74) is 1.56. The number of hydrogen-bond acceptors (Lipinski definition) is 6. The summed E-state index contributed by atoms with van der Waals surface area (Å²) in [7, 11) is -2.04. The number of hydrogen-bond donors (Lipinski definition) is 2. The fraction of sp³-hybridized carbons (Fsp3) is 0.261. The van der Waals surface area contributed by atoms with E-state index < -0.39 is 15.9 Å². The topological polar surface area (TPSA) is 119 Å². The zero-order valence-electron chi connectivity index (χ0n) is 18.8. The van der Waals surface area contributed by atoms with Gasteiger partial charge >= 0.3 is 6.09 Å². The van der Waals surface area contributed by atoms with Crippen LogP contribution in [0.1, 0.15) is 11.1 Å². The molecule has 2 N–H and O–H groups in total. The monoisotopic (exact) mass is 538 g/mol. The molecule has 186 valence electrons. The summed E-state index contributed by atoms with van der Waals surface area (Å²) < 4.78 is 24.9. The predicted octanol–water partition coefficient (Wildman–Crippen LogP) is 3.27. The molecule has 2 aromatic rings. The summed E-state index contributed by atoms with van der Waals surface area (Å²) >= 11 is 11.8. The largest absolute Gasteiger partial charge is 0.465 e. The van der Waals surface area contributed by atoms with Crippen LogP contribution < -0.4 is 5.32 Å². The van der Waals surface area contributed by atoms with Gasteiger partial charge in [-0.15, -0.1) is 0 Å². The summed E-state index contributed by atoms with van der Waals surface area (Å²) in [5, 5.41) is 12.4. The predicted molar refractivity (Wildman–Crippen MR) is 135 cm³/mol. The highest BCUT2D eigenvalue weighted by atomic mass is 35.5. The smallest absolute Gasteiger partial charge is 0.413 e. The van der Waals surface area contributed by atoms with Crippen LogP contribution in [0.5, 0.6) is 0 Å². The number of likely N-dealkylation sites (N-methyl/N-ethyl adjacent to an activating group) is 1. The molecule has 35 heavy (non-hydrogen) atoms. The van der Waals surface area contributed by atoms with Gasteiger partial charge in [0.25, 0.3) is 0 Å². The van der Waals surface area contributed by atoms with Crippen LogP contribution in [0.3, 0.4) is 0 Å². The third-order valence-corrected chi connectivity index (χ3v) is 7.39. The molecule has 0 saturated carbocycles. The summed E-state index contributed by atoms with van der Waals surface area (Å²) in [4.78, 5) is 30.6. The van der Waals surface area contributed by atoms with Crippen molar-refractivity contribution in [1.82, 2.24) is 15.1 Å². The van der Waals surface area contributed by atoms with E-state index in [4.69, 9.17) is 23.2 Å². The van der Waals surface area contributed by atoms with E-state index in [9.17, 15) is 23.1 Å². The van der Waals surface area contributed by atoms with E-state index in [1.165, 1.54) is 40.2 Å². The second kappa shape index (κ2) is 11.7. The second-order valence-corrected chi connectivity index (χ2v) is 10.5. The standard InChI is InChI=1S/C23H24Cl2N4O5S/c1-28(14-16-4-6-17(7-5-16)22-27-11-12-29(22)23(31)32)21(30)3-2-10-26-15-35(33,34)20-13-18(24)8-9-19(20)25/h2-9,13,26H,10-12,14-15H2,1H3,(H,31,32). The highest BCUT2D eigenvalue weighted by Gasteiger charge is 2.24. The van der Waals surface area contributed by atoms with E-state index >= 15 is 0 Å². The fourth-order valence-electron chi connectivity index (χ4n) is 3.35. The number of nitrogens with zero attached hydrogens (tertiary/aromatic N) is 3. The van der Waals surface area contributed by atoms with Crippen LogP contribution in [0, 0.1) is 0 Å². The third kappa shape index (κ3) is 7.04. The molecular formula is C23H24Cl2N4O5S. The van der Waals surface area contributed by atoms with Gasteiger partial charge in [0, 0.05) is 36.8 Å². The summed E-state index contributed by atoms with van der Waals surface area (Å²) in [6.07, 6.45) is 1.86. The van der Waals surface area contributed by atoms with E-state index in [1.54, 1.807) is 19.2 Å². The number of rotatable bonds is 9. The minimum Gasteiger partial charge on any atom is -0.465 e. The molecule has 3 rings (SSSR count).